The minimum absolute atomic E-state index is 0.0257. The van der Waals surface area contributed by atoms with Crippen molar-refractivity contribution in [1.82, 2.24) is 5.32 Å². The van der Waals surface area contributed by atoms with Crippen LogP contribution < -0.4 is 10.9 Å². The molecule has 0 fully saturated rings. The van der Waals surface area contributed by atoms with Gasteiger partial charge >= 0.3 is 5.63 Å². The minimum Gasteiger partial charge on any atom is -0.421 e. The molecule has 0 bridgehead atoms. The molecule has 1 heterocycles. The Morgan fingerprint density at radius 2 is 2.00 bits per heavy atom. The number of carbonyl (C=O) groups is 1. The Kier molecular flexibility index (Phi) is 3.71. The van der Waals surface area contributed by atoms with Gasteiger partial charge in [0.05, 0.1) is 3.57 Å². The van der Waals surface area contributed by atoms with Gasteiger partial charge < -0.3 is 9.73 Å². The number of nitrogens with one attached hydrogen (secondary N) is 1. The third-order valence-corrected chi connectivity index (χ3v) is 3.65. The highest BCUT2D eigenvalue weighted by molar-refractivity contribution is 14.1. The van der Waals surface area contributed by atoms with Crippen molar-refractivity contribution in [3.63, 3.8) is 0 Å². The van der Waals surface area contributed by atoms with E-state index in [1.807, 2.05) is 12.1 Å². The van der Waals surface area contributed by atoms with E-state index in [-0.39, 0.29) is 5.56 Å². The summed E-state index contributed by atoms with van der Waals surface area (Å²) < 4.78 is 7.05. The second-order valence-corrected chi connectivity index (χ2v) is 5.74. The minimum atomic E-state index is -0.615. The first-order valence-electron chi connectivity index (χ1n) is 4.68. The van der Waals surface area contributed by atoms with E-state index in [0.29, 0.717) is 5.58 Å². The van der Waals surface area contributed by atoms with E-state index in [4.69, 9.17) is 4.42 Å². The molecule has 0 atom stereocenters. The summed E-state index contributed by atoms with van der Waals surface area (Å²) in [6, 6.07) is 5.34. The van der Waals surface area contributed by atoms with Gasteiger partial charge in [0.15, 0.2) is 5.58 Å². The number of benzene rings is 1. The van der Waals surface area contributed by atoms with Crippen molar-refractivity contribution in [2.24, 2.45) is 0 Å². The molecule has 0 saturated heterocycles. The first kappa shape index (κ1) is 12.8. The van der Waals surface area contributed by atoms with Crippen molar-refractivity contribution in [2.45, 2.75) is 0 Å². The van der Waals surface area contributed by atoms with Crippen molar-refractivity contribution in [1.29, 1.82) is 0 Å². The topological polar surface area (TPSA) is 59.3 Å². The van der Waals surface area contributed by atoms with Crippen LogP contribution in [-0.4, -0.2) is 13.0 Å². The standard InChI is InChI=1S/C11H7I2NO3/c1-14-10(15)7-3-5-2-6(12)4-8(13)9(5)17-11(7)16/h2-4H,1H3,(H,14,15). The molecule has 1 aromatic heterocycles. The van der Waals surface area contributed by atoms with Gasteiger partial charge in [0.1, 0.15) is 5.56 Å². The Hall–Kier alpha value is -0.640. The number of rotatable bonds is 1. The first-order chi connectivity index (χ1) is 8.02. The molecule has 0 aliphatic heterocycles. The summed E-state index contributed by atoms with van der Waals surface area (Å²) in [4.78, 5) is 23.1. The van der Waals surface area contributed by atoms with Crippen LogP contribution in [0.15, 0.2) is 27.4 Å². The largest absolute Gasteiger partial charge is 0.421 e. The zero-order valence-corrected chi connectivity index (χ0v) is 13.0. The Balaban J connectivity index is 2.81. The van der Waals surface area contributed by atoms with E-state index in [1.54, 1.807) is 6.07 Å². The maximum Gasteiger partial charge on any atom is 0.349 e. The second kappa shape index (κ2) is 4.92. The van der Waals surface area contributed by atoms with Gasteiger partial charge in [-0.1, -0.05) is 0 Å². The van der Waals surface area contributed by atoms with Crippen molar-refractivity contribution in [3.8, 4) is 0 Å². The van der Waals surface area contributed by atoms with Gasteiger partial charge in [-0.3, -0.25) is 4.79 Å². The molecule has 0 spiro atoms. The lowest BCUT2D eigenvalue weighted by Gasteiger charge is -2.03. The van der Waals surface area contributed by atoms with Gasteiger partial charge in [-0.15, -0.1) is 0 Å². The fourth-order valence-electron chi connectivity index (χ4n) is 1.45. The molecule has 0 aliphatic rings. The van der Waals surface area contributed by atoms with Crippen LogP contribution in [0.1, 0.15) is 10.4 Å². The maximum atomic E-state index is 11.6. The fourth-order valence-corrected chi connectivity index (χ4v) is 3.45. The van der Waals surface area contributed by atoms with Gasteiger partial charge in [0, 0.05) is 16.0 Å². The maximum absolute atomic E-state index is 11.6. The predicted molar refractivity (Wildman–Crippen MR) is 81.3 cm³/mol. The number of carbonyl (C=O) groups excluding carboxylic acids is 1. The Bertz CT molecular complexity index is 664. The van der Waals surface area contributed by atoms with Gasteiger partial charge in [0.25, 0.3) is 5.91 Å². The highest BCUT2D eigenvalue weighted by Crippen LogP contribution is 2.23. The van der Waals surface area contributed by atoms with E-state index in [1.165, 1.54) is 7.05 Å². The summed E-state index contributed by atoms with van der Waals surface area (Å²) in [6.07, 6.45) is 0. The molecule has 0 radical (unpaired) electrons. The van der Waals surface area contributed by atoms with Gasteiger partial charge in [0.2, 0.25) is 0 Å². The predicted octanol–water partition coefficient (Wildman–Crippen LogP) is 2.36. The second-order valence-electron chi connectivity index (χ2n) is 3.33. The van der Waals surface area contributed by atoms with E-state index in [2.05, 4.69) is 50.5 Å². The quantitative estimate of drug-likeness (QED) is 0.531. The summed E-state index contributed by atoms with van der Waals surface area (Å²) in [6.45, 7) is 0. The summed E-state index contributed by atoms with van der Waals surface area (Å²) in [7, 11) is 1.48. The molecule has 17 heavy (non-hydrogen) atoms. The van der Waals surface area contributed by atoms with Crippen LogP contribution in [0, 0.1) is 7.14 Å². The van der Waals surface area contributed by atoms with Crippen LogP contribution in [0.5, 0.6) is 0 Å². The Morgan fingerprint density at radius 1 is 1.29 bits per heavy atom. The van der Waals surface area contributed by atoms with Gasteiger partial charge in [-0.25, -0.2) is 4.79 Å². The molecule has 0 saturated carbocycles. The third kappa shape index (κ3) is 2.46. The SMILES string of the molecule is CNC(=O)c1cc2cc(I)cc(I)c2oc1=O. The molecule has 1 aromatic carbocycles. The van der Waals surface area contributed by atoms with E-state index < -0.39 is 11.5 Å². The Morgan fingerprint density at radius 3 is 2.65 bits per heavy atom. The molecule has 0 unspecified atom stereocenters. The molecule has 2 rings (SSSR count). The summed E-state index contributed by atoms with van der Waals surface area (Å²) in [5.41, 5.74) is -0.0718. The van der Waals surface area contributed by atoms with Crippen molar-refractivity contribution >= 4 is 62.1 Å². The smallest absolute Gasteiger partial charge is 0.349 e. The molecule has 1 N–H and O–H groups in total. The molecule has 2 aromatic rings. The van der Waals surface area contributed by atoms with Gasteiger partial charge in [-0.05, 0) is 63.4 Å². The van der Waals surface area contributed by atoms with E-state index >= 15 is 0 Å². The number of halogens is 2. The average Bonchev–Trinajstić information content (AvgIpc) is 2.28. The number of fused-ring (bicyclic) bond motifs is 1. The Labute approximate surface area is 124 Å². The van der Waals surface area contributed by atoms with Crippen LogP contribution in [0.4, 0.5) is 0 Å². The van der Waals surface area contributed by atoms with Crippen LogP contribution in [-0.2, 0) is 0 Å². The van der Waals surface area contributed by atoms with Crippen LogP contribution in [0.2, 0.25) is 0 Å². The molecule has 0 aliphatic carbocycles. The molecule has 6 heteroatoms. The fraction of sp³-hybridized carbons (Fsp3) is 0.0909. The first-order valence-corrected chi connectivity index (χ1v) is 6.83. The van der Waals surface area contributed by atoms with E-state index in [9.17, 15) is 9.59 Å². The van der Waals surface area contributed by atoms with Crippen LogP contribution in [0.25, 0.3) is 11.0 Å². The van der Waals surface area contributed by atoms with Crippen molar-refractivity contribution in [3.05, 3.63) is 41.3 Å². The summed E-state index contributed by atoms with van der Waals surface area (Å²) in [5, 5.41) is 3.16. The lowest BCUT2D eigenvalue weighted by atomic mass is 10.2. The van der Waals surface area contributed by atoms with E-state index in [0.717, 1.165) is 12.5 Å². The molecule has 4 nitrogen and oxygen atoms in total. The van der Waals surface area contributed by atoms with Crippen LogP contribution in [0.3, 0.4) is 0 Å². The number of hydrogen-bond donors (Lipinski definition) is 1. The number of hydrogen-bond acceptors (Lipinski definition) is 3. The summed E-state index contributed by atoms with van der Waals surface area (Å²) in [5.74, 6) is -0.436. The number of amides is 1. The lowest BCUT2D eigenvalue weighted by molar-refractivity contribution is 0.0959. The average molecular weight is 455 g/mol. The lowest BCUT2D eigenvalue weighted by Crippen LogP contribution is -2.24. The highest BCUT2D eigenvalue weighted by Gasteiger charge is 2.13. The molecular formula is C11H7I2NO3. The zero-order valence-electron chi connectivity index (χ0n) is 8.71. The van der Waals surface area contributed by atoms with Gasteiger partial charge in [-0.2, -0.15) is 0 Å². The molecule has 88 valence electrons. The molecule has 1 amide bonds. The molecular weight excluding hydrogens is 448 g/mol. The van der Waals surface area contributed by atoms with Crippen molar-refractivity contribution < 1.29 is 9.21 Å². The monoisotopic (exact) mass is 455 g/mol. The van der Waals surface area contributed by atoms with Crippen LogP contribution >= 0.6 is 45.2 Å². The zero-order chi connectivity index (χ0) is 12.6. The van der Waals surface area contributed by atoms with Crippen molar-refractivity contribution in [2.75, 3.05) is 7.05 Å². The third-order valence-electron chi connectivity index (χ3n) is 2.22. The highest BCUT2D eigenvalue weighted by atomic mass is 127. The normalized spacial score (nSPS) is 10.5. The summed E-state index contributed by atoms with van der Waals surface area (Å²) >= 11 is 4.28.